The second kappa shape index (κ2) is 7.97. The van der Waals surface area contributed by atoms with Crippen molar-refractivity contribution in [3.63, 3.8) is 0 Å². The molecule has 0 bridgehead atoms. The van der Waals surface area contributed by atoms with Gasteiger partial charge in [0.15, 0.2) is 0 Å². The van der Waals surface area contributed by atoms with E-state index in [1.54, 1.807) is 10.4 Å². The Morgan fingerprint density at radius 3 is 1.18 bits per heavy atom. The Morgan fingerprint density at radius 1 is 0.500 bits per heavy atom. The monoisotopic (exact) mass is 418 g/mol. The van der Waals surface area contributed by atoms with E-state index in [4.69, 9.17) is 0 Å². The molecule has 3 rings (SSSR count). The topological polar surface area (TPSA) is 0 Å². The van der Waals surface area contributed by atoms with Gasteiger partial charge in [0.05, 0.1) is 22.3 Å². The highest BCUT2D eigenvalue weighted by Crippen LogP contribution is 2.40. The van der Waals surface area contributed by atoms with Crippen molar-refractivity contribution < 1.29 is 0 Å². The van der Waals surface area contributed by atoms with Gasteiger partial charge in [0.1, 0.15) is 0 Å². The van der Waals surface area contributed by atoms with Crippen LogP contribution in [-0.4, -0.2) is 22.3 Å². The summed E-state index contributed by atoms with van der Waals surface area (Å²) < 4.78 is 0. The van der Waals surface area contributed by atoms with E-state index in [0.717, 1.165) is 0 Å². The second-order valence-corrected chi connectivity index (χ2v) is 35.5. The maximum Gasteiger partial charge on any atom is 0.0726 e. The summed E-state index contributed by atoms with van der Waals surface area (Å²) in [5, 5.41) is 3.26. The first-order valence-electron chi connectivity index (χ1n) is 10.4. The van der Waals surface area contributed by atoms with Gasteiger partial charge in [-0.25, -0.2) is 0 Å². The largest absolute Gasteiger partial charge is 0.0726 e. The van der Waals surface area contributed by atoms with Gasteiger partial charge in [0, 0.05) is 0 Å². The lowest BCUT2D eigenvalue weighted by atomic mass is 10.2. The highest BCUT2D eigenvalue weighted by Gasteiger charge is 2.59. The molecular weight excluding hydrogens is 385 g/mol. The number of hydrogen-bond donors (Lipinski definition) is 0. The molecule has 28 heavy (non-hydrogen) atoms. The van der Waals surface area contributed by atoms with Crippen molar-refractivity contribution in [1.29, 1.82) is 0 Å². The van der Waals surface area contributed by atoms with E-state index in [-0.39, 0.29) is 0 Å². The molecule has 0 radical (unpaired) electrons. The van der Waals surface area contributed by atoms with Crippen LogP contribution in [0.1, 0.15) is 18.0 Å². The molecule has 3 aromatic carbocycles. The molecular formula is C25H34Si3. The van der Waals surface area contributed by atoms with Crippen molar-refractivity contribution in [3.8, 4) is 0 Å². The van der Waals surface area contributed by atoms with E-state index < -0.39 is 22.3 Å². The molecule has 0 nitrogen and oxygen atoms in total. The van der Waals surface area contributed by atoms with Crippen molar-refractivity contribution >= 4 is 32.7 Å². The van der Waals surface area contributed by atoms with Gasteiger partial charge < -0.3 is 0 Å². The number of benzene rings is 3. The quantitative estimate of drug-likeness (QED) is 0.444. The minimum absolute atomic E-state index is 0.637. The fourth-order valence-corrected chi connectivity index (χ4v) is 46.5. The number of hydrogen-bond acceptors (Lipinski definition) is 0. The Balaban J connectivity index is 2.25. The van der Waals surface area contributed by atoms with E-state index in [9.17, 15) is 0 Å². The van der Waals surface area contributed by atoms with E-state index in [1.165, 1.54) is 5.56 Å². The van der Waals surface area contributed by atoms with Crippen LogP contribution in [0.5, 0.6) is 0 Å². The summed E-state index contributed by atoms with van der Waals surface area (Å²) in [6.07, 6.45) is 0. The summed E-state index contributed by atoms with van der Waals surface area (Å²) >= 11 is 0. The molecule has 146 valence electrons. The third-order valence-corrected chi connectivity index (χ3v) is 49.7. The third kappa shape index (κ3) is 3.40. The smallest absolute Gasteiger partial charge is 0.0718 e. The molecule has 3 heteroatoms. The summed E-state index contributed by atoms with van der Waals surface area (Å²) in [4.78, 5) is 0. The predicted molar refractivity (Wildman–Crippen MR) is 134 cm³/mol. The Hall–Kier alpha value is -1.69. The van der Waals surface area contributed by atoms with E-state index in [2.05, 4.69) is 131 Å². The van der Waals surface area contributed by atoms with Crippen molar-refractivity contribution in [1.82, 2.24) is 0 Å². The maximum absolute atomic E-state index is 2.75. The normalized spacial score (nSPS) is 13.9. The molecule has 0 saturated carbocycles. The molecule has 3 aromatic rings. The second-order valence-electron chi connectivity index (χ2n) is 9.32. The van der Waals surface area contributed by atoms with Crippen molar-refractivity contribution in [2.24, 2.45) is 0 Å². The van der Waals surface area contributed by atoms with Gasteiger partial charge >= 0.3 is 0 Å². The lowest BCUT2D eigenvalue weighted by Gasteiger charge is -2.54. The lowest BCUT2D eigenvalue weighted by molar-refractivity contribution is 1.04. The van der Waals surface area contributed by atoms with Gasteiger partial charge in [0.2, 0.25) is 0 Å². The number of rotatable bonds is 6. The van der Waals surface area contributed by atoms with Crippen molar-refractivity contribution in [2.45, 2.75) is 45.2 Å². The summed E-state index contributed by atoms with van der Waals surface area (Å²) in [5.74, 6) is 0. The van der Waals surface area contributed by atoms with Crippen LogP contribution < -0.4 is 10.4 Å². The van der Waals surface area contributed by atoms with E-state index in [1.807, 2.05) is 0 Å². The molecule has 0 N–H and O–H groups in total. The van der Waals surface area contributed by atoms with Crippen LogP contribution in [0.2, 0.25) is 32.7 Å². The molecule has 0 aliphatic rings. The van der Waals surface area contributed by atoms with Gasteiger partial charge in [-0.15, -0.1) is 0 Å². The predicted octanol–water partition coefficient (Wildman–Crippen LogP) is 5.80. The molecule has 0 fully saturated rings. The fourth-order valence-electron chi connectivity index (χ4n) is 5.25. The first kappa shape index (κ1) is 21.0. The molecule has 0 heterocycles. The van der Waals surface area contributed by atoms with Crippen LogP contribution in [0.15, 0.2) is 91.0 Å². The van der Waals surface area contributed by atoms with Crippen molar-refractivity contribution in [3.05, 3.63) is 96.6 Å². The zero-order valence-electron chi connectivity index (χ0n) is 18.2. The van der Waals surface area contributed by atoms with Gasteiger partial charge in [-0.2, -0.15) is 0 Å². The molecule has 1 unspecified atom stereocenters. The average Bonchev–Trinajstić information content (AvgIpc) is 2.74. The highest BCUT2D eigenvalue weighted by molar-refractivity contribution is 7.73. The van der Waals surface area contributed by atoms with E-state index in [0.29, 0.717) is 5.54 Å². The first-order chi connectivity index (χ1) is 13.2. The SMILES string of the molecule is CC(c1ccccc1)[Si](C)([Si](C)(C)c1ccccc1)[Si](C)(C)c1ccccc1. The Kier molecular flexibility index (Phi) is 5.99. The van der Waals surface area contributed by atoms with Crippen LogP contribution in [0.25, 0.3) is 0 Å². The molecule has 0 aliphatic heterocycles. The summed E-state index contributed by atoms with van der Waals surface area (Å²) in [5.41, 5.74) is 2.17. The van der Waals surface area contributed by atoms with Crippen LogP contribution in [-0.2, 0) is 0 Å². The van der Waals surface area contributed by atoms with Crippen LogP contribution in [0.3, 0.4) is 0 Å². The minimum Gasteiger partial charge on any atom is -0.0718 e. The fraction of sp³-hybridized carbons (Fsp3) is 0.280. The molecule has 0 saturated heterocycles. The molecule has 0 aromatic heterocycles. The van der Waals surface area contributed by atoms with Crippen LogP contribution in [0, 0.1) is 0 Å². The highest BCUT2D eigenvalue weighted by atomic mass is 29.6. The lowest BCUT2D eigenvalue weighted by Crippen LogP contribution is -2.81. The first-order valence-corrected chi connectivity index (χ1v) is 21.0. The Labute approximate surface area is 174 Å². The third-order valence-electron chi connectivity index (χ3n) is 7.75. The van der Waals surface area contributed by atoms with Gasteiger partial charge in [-0.3, -0.25) is 0 Å². The Bertz CT molecular complexity index is 835. The van der Waals surface area contributed by atoms with Crippen LogP contribution >= 0.6 is 0 Å². The van der Waals surface area contributed by atoms with Gasteiger partial charge in [-0.05, 0) is 11.1 Å². The maximum atomic E-state index is 2.75. The summed E-state index contributed by atoms with van der Waals surface area (Å²) in [6, 6.07) is 34.2. The standard InChI is InChI=1S/C25H34Si3/c1-22(23-16-10-7-11-17-23)28(6,26(2,3)24-18-12-8-13-19-24)27(4,5)25-20-14-9-15-21-25/h7-22H,1-6H3. The Morgan fingerprint density at radius 2 is 0.821 bits per heavy atom. The van der Waals surface area contributed by atoms with Crippen molar-refractivity contribution in [2.75, 3.05) is 0 Å². The minimum atomic E-state index is -1.75. The molecule has 0 spiro atoms. The zero-order chi connectivity index (χ0) is 20.4. The average molecular weight is 419 g/mol. The van der Waals surface area contributed by atoms with Gasteiger partial charge in [-0.1, -0.05) is 141 Å². The van der Waals surface area contributed by atoms with E-state index >= 15 is 0 Å². The summed E-state index contributed by atoms with van der Waals surface area (Å²) in [6.45, 7) is 15.9. The zero-order valence-corrected chi connectivity index (χ0v) is 21.2. The van der Waals surface area contributed by atoms with Crippen LogP contribution in [0.4, 0.5) is 0 Å². The summed E-state index contributed by atoms with van der Waals surface area (Å²) in [7, 11) is -5.15. The molecule has 0 amide bonds. The molecule has 0 aliphatic carbocycles. The molecule has 1 atom stereocenters. The van der Waals surface area contributed by atoms with Gasteiger partial charge in [0.25, 0.3) is 0 Å².